The number of nitrogens with zero attached hydrogens (tertiary/aromatic N) is 3. The van der Waals surface area contributed by atoms with Crippen LogP contribution in [0.5, 0.6) is 0 Å². The molecule has 2 aromatic carbocycles. The molecular weight excluding hydrogens is 465 g/mol. The van der Waals surface area contributed by atoms with Crippen molar-refractivity contribution in [2.45, 2.75) is 37.5 Å². The summed E-state index contributed by atoms with van der Waals surface area (Å²) in [7, 11) is 1.48. The van der Waals surface area contributed by atoms with Gasteiger partial charge in [0.15, 0.2) is 17.5 Å². The third kappa shape index (κ3) is 5.36. The highest BCUT2D eigenvalue weighted by molar-refractivity contribution is 8.00. The molecule has 7 nitrogen and oxygen atoms in total. The smallest absolute Gasteiger partial charge is 0.298 e. The summed E-state index contributed by atoms with van der Waals surface area (Å²) in [4.78, 5) is 21.3. The van der Waals surface area contributed by atoms with E-state index in [9.17, 15) is 18.0 Å². The molecule has 1 aromatic heterocycles. The summed E-state index contributed by atoms with van der Waals surface area (Å²) in [5, 5.41) is 3.39. The zero-order valence-electron chi connectivity index (χ0n) is 19.1. The number of thioether (sulfide) groups is 1. The summed E-state index contributed by atoms with van der Waals surface area (Å²) < 4.78 is 42.6. The van der Waals surface area contributed by atoms with Crippen molar-refractivity contribution in [1.29, 1.82) is 0 Å². The fourth-order valence-corrected chi connectivity index (χ4v) is 4.19. The van der Waals surface area contributed by atoms with Gasteiger partial charge in [-0.3, -0.25) is 9.79 Å². The van der Waals surface area contributed by atoms with Gasteiger partial charge in [0.05, 0.1) is 12.2 Å². The number of nitrogens with two attached hydrogens (primary N) is 2. The summed E-state index contributed by atoms with van der Waals surface area (Å²) in [6, 6.07) is 5.38. The van der Waals surface area contributed by atoms with Gasteiger partial charge in [0.2, 0.25) is 5.95 Å². The Balaban J connectivity index is 2.17. The second-order valence-electron chi connectivity index (χ2n) is 7.88. The Bertz CT molecular complexity index is 1300. The lowest BCUT2D eigenvalue weighted by Crippen LogP contribution is -2.25. The van der Waals surface area contributed by atoms with Gasteiger partial charge in [0.1, 0.15) is 5.69 Å². The second kappa shape index (κ2) is 10.2. The van der Waals surface area contributed by atoms with E-state index in [2.05, 4.69) is 15.3 Å². The number of halogens is 3. The van der Waals surface area contributed by atoms with Gasteiger partial charge >= 0.3 is 0 Å². The van der Waals surface area contributed by atoms with Crippen LogP contribution in [-0.4, -0.2) is 28.1 Å². The number of aromatic nitrogens is 2. The van der Waals surface area contributed by atoms with Crippen molar-refractivity contribution in [3.05, 3.63) is 68.9 Å². The number of anilines is 4. The molecule has 0 bridgehead atoms. The molecule has 0 fully saturated rings. The number of rotatable bonds is 7. The van der Waals surface area contributed by atoms with Crippen molar-refractivity contribution in [2.75, 3.05) is 23.8 Å². The maximum Gasteiger partial charge on any atom is 0.298 e. The van der Waals surface area contributed by atoms with Gasteiger partial charge in [-0.05, 0) is 42.3 Å². The first kappa shape index (κ1) is 25.2. The molecule has 0 aliphatic heterocycles. The maximum absolute atomic E-state index is 13.9. The molecule has 180 valence electrons. The molecule has 0 spiro atoms. The van der Waals surface area contributed by atoms with E-state index in [1.54, 1.807) is 17.8 Å². The molecule has 3 aromatic rings. The molecule has 34 heavy (non-hydrogen) atoms. The fourth-order valence-electron chi connectivity index (χ4n) is 3.31. The van der Waals surface area contributed by atoms with Gasteiger partial charge in [0.25, 0.3) is 5.56 Å². The van der Waals surface area contributed by atoms with E-state index in [-0.39, 0.29) is 34.7 Å². The zero-order chi connectivity index (χ0) is 25.2. The fraction of sp³-hybridized carbons (Fsp3) is 0.261. The minimum Gasteiger partial charge on any atom is -0.398 e. The molecule has 0 saturated carbocycles. The van der Waals surface area contributed by atoms with Crippen molar-refractivity contribution < 1.29 is 13.2 Å². The van der Waals surface area contributed by atoms with Gasteiger partial charge < -0.3 is 21.4 Å². The van der Waals surface area contributed by atoms with E-state index >= 15 is 0 Å². The van der Waals surface area contributed by atoms with Gasteiger partial charge in [0, 0.05) is 34.8 Å². The first-order chi connectivity index (χ1) is 16.0. The first-order valence-electron chi connectivity index (χ1n) is 10.3. The van der Waals surface area contributed by atoms with Crippen LogP contribution < -0.4 is 22.3 Å². The molecule has 0 unspecified atom stereocenters. The van der Waals surface area contributed by atoms with E-state index < -0.39 is 23.0 Å². The number of benzene rings is 2. The van der Waals surface area contributed by atoms with Crippen molar-refractivity contribution in [2.24, 2.45) is 4.99 Å². The highest BCUT2D eigenvalue weighted by Crippen LogP contribution is 2.34. The van der Waals surface area contributed by atoms with Gasteiger partial charge in [-0.2, -0.15) is 4.98 Å². The molecule has 1 heterocycles. The summed E-state index contributed by atoms with van der Waals surface area (Å²) in [5.41, 5.74) is 13.5. The highest BCUT2D eigenvalue weighted by Gasteiger charge is 2.18. The molecule has 5 N–H and O–H groups in total. The van der Waals surface area contributed by atoms with E-state index in [1.807, 2.05) is 26.8 Å². The summed E-state index contributed by atoms with van der Waals surface area (Å²) in [6.45, 7) is 5.74. The van der Waals surface area contributed by atoms with Crippen LogP contribution in [0.15, 0.2) is 38.9 Å². The Hall–Kier alpha value is -3.47. The third-order valence-electron chi connectivity index (χ3n) is 4.86. The van der Waals surface area contributed by atoms with E-state index in [0.29, 0.717) is 11.4 Å². The van der Waals surface area contributed by atoms with Crippen LogP contribution in [0.2, 0.25) is 0 Å². The summed E-state index contributed by atoms with van der Waals surface area (Å²) in [6.07, 6.45) is 1.34. The second-order valence-corrected chi connectivity index (χ2v) is 9.50. The van der Waals surface area contributed by atoms with Crippen molar-refractivity contribution in [3.63, 3.8) is 0 Å². The zero-order valence-corrected chi connectivity index (χ0v) is 19.9. The topological polar surface area (TPSA) is 111 Å². The van der Waals surface area contributed by atoms with Gasteiger partial charge in [-0.15, -0.1) is 11.8 Å². The Morgan fingerprint density at radius 1 is 1.18 bits per heavy atom. The van der Waals surface area contributed by atoms with Crippen LogP contribution in [0, 0.1) is 24.4 Å². The van der Waals surface area contributed by atoms with E-state index in [0.717, 1.165) is 22.6 Å². The van der Waals surface area contributed by atoms with Crippen LogP contribution in [0.3, 0.4) is 0 Å². The summed E-state index contributed by atoms with van der Waals surface area (Å²) >= 11 is 1.57. The van der Waals surface area contributed by atoms with E-state index in [4.69, 9.17) is 11.5 Å². The highest BCUT2D eigenvalue weighted by atomic mass is 32.2. The predicted molar refractivity (Wildman–Crippen MR) is 132 cm³/mol. The standard InChI is InChI=1S/C23H25F3N6OS/c1-11(2)34-19-8-17(12(3)5-16(19)27)30-23-31-22(33)21(28)18(9-29-4)32(23)10-13-6-14(24)20(26)15(25)7-13/h5-9,11H,10,27-28H2,1-4H3,(H,30,31,33). The van der Waals surface area contributed by atoms with Crippen LogP contribution in [0.25, 0.3) is 0 Å². The average molecular weight is 491 g/mol. The van der Waals surface area contributed by atoms with Crippen LogP contribution >= 0.6 is 11.8 Å². The largest absolute Gasteiger partial charge is 0.398 e. The molecule has 0 radical (unpaired) electrons. The lowest BCUT2D eigenvalue weighted by atomic mass is 10.1. The van der Waals surface area contributed by atoms with E-state index in [1.165, 1.54) is 17.8 Å². The Morgan fingerprint density at radius 3 is 2.41 bits per heavy atom. The van der Waals surface area contributed by atoms with Crippen molar-refractivity contribution in [3.8, 4) is 0 Å². The van der Waals surface area contributed by atoms with Crippen molar-refractivity contribution in [1.82, 2.24) is 9.55 Å². The van der Waals surface area contributed by atoms with Crippen LogP contribution in [0.4, 0.5) is 36.2 Å². The number of aryl methyl sites for hydroxylation is 1. The molecule has 0 aliphatic carbocycles. The Labute approximate surface area is 199 Å². The number of nitrogen functional groups attached to an aromatic ring is 2. The van der Waals surface area contributed by atoms with Gasteiger partial charge in [-0.1, -0.05) is 13.8 Å². The molecular formula is C23H25F3N6OS. The number of hydrogen-bond donors (Lipinski definition) is 3. The van der Waals surface area contributed by atoms with Crippen LogP contribution in [0.1, 0.15) is 30.7 Å². The maximum atomic E-state index is 13.9. The quantitative estimate of drug-likeness (QED) is 0.195. The lowest BCUT2D eigenvalue weighted by molar-refractivity contribution is 0.444. The minimum atomic E-state index is -1.57. The molecule has 0 aliphatic rings. The molecule has 3 rings (SSSR count). The predicted octanol–water partition coefficient (Wildman–Crippen LogP) is 4.47. The first-order valence-corrected chi connectivity index (χ1v) is 11.2. The summed E-state index contributed by atoms with van der Waals surface area (Å²) in [5.74, 6) is -4.17. The molecule has 0 atom stereocenters. The lowest BCUT2D eigenvalue weighted by Gasteiger charge is -2.20. The SMILES string of the molecule is CN=Cc1c(N)c(=O)nc(Nc2cc(SC(C)C)c(N)cc2C)n1Cc1cc(F)c(F)c(F)c1. The van der Waals surface area contributed by atoms with Crippen LogP contribution in [-0.2, 0) is 6.54 Å². The molecule has 0 amide bonds. The Morgan fingerprint density at radius 2 is 1.82 bits per heavy atom. The average Bonchev–Trinajstić information content (AvgIpc) is 2.75. The normalized spacial score (nSPS) is 11.5. The molecule has 11 heteroatoms. The number of nitrogens with one attached hydrogen (secondary N) is 1. The minimum absolute atomic E-state index is 0.0626. The van der Waals surface area contributed by atoms with Gasteiger partial charge in [-0.25, -0.2) is 13.2 Å². The Kier molecular flexibility index (Phi) is 7.55. The monoisotopic (exact) mass is 490 g/mol. The third-order valence-corrected chi connectivity index (χ3v) is 5.94. The number of hydrogen-bond acceptors (Lipinski definition) is 7. The number of aliphatic imine (C=N–C) groups is 1. The van der Waals surface area contributed by atoms with Crippen molar-refractivity contribution >= 4 is 41.0 Å². The molecule has 0 saturated heterocycles.